The number of nitrogens with one attached hydrogen (secondary N) is 1. The van der Waals surface area contributed by atoms with E-state index >= 15 is 0 Å². The number of benzene rings is 2. The fourth-order valence-electron chi connectivity index (χ4n) is 3.66. The van der Waals surface area contributed by atoms with Crippen molar-refractivity contribution in [1.82, 2.24) is 9.78 Å². The molecule has 1 aliphatic rings. The summed E-state index contributed by atoms with van der Waals surface area (Å²) in [6, 6.07) is 13.7. The van der Waals surface area contributed by atoms with E-state index in [-0.39, 0.29) is 35.1 Å². The first kappa shape index (κ1) is 22.6. The predicted octanol–water partition coefficient (Wildman–Crippen LogP) is 1.30. The van der Waals surface area contributed by atoms with Gasteiger partial charge in [0.2, 0.25) is 5.82 Å². The zero-order valence-electron chi connectivity index (χ0n) is 16.5. The molecule has 158 valence electrons. The van der Waals surface area contributed by atoms with E-state index in [1.54, 1.807) is 12.1 Å². The van der Waals surface area contributed by atoms with Crippen LogP contribution in [0.15, 0.2) is 53.0 Å². The molecule has 0 aliphatic carbocycles. The van der Waals surface area contributed by atoms with Gasteiger partial charge in [0.05, 0.1) is 6.54 Å². The van der Waals surface area contributed by atoms with E-state index < -0.39 is 0 Å². The highest BCUT2D eigenvalue weighted by Crippen LogP contribution is 2.15. The molecule has 0 spiro atoms. The van der Waals surface area contributed by atoms with Gasteiger partial charge in [0.1, 0.15) is 12.4 Å². The van der Waals surface area contributed by atoms with Crippen molar-refractivity contribution in [2.24, 2.45) is 0 Å². The van der Waals surface area contributed by atoms with E-state index in [0.717, 1.165) is 47.6 Å². The van der Waals surface area contributed by atoms with E-state index in [9.17, 15) is 9.18 Å². The van der Waals surface area contributed by atoms with Crippen LogP contribution in [0.25, 0.3) is 0 Å². The van der Waals surface area contributed by atoms with Gasteiger partial charge in [-0.25, -0.2) is 8.96 Å². The smallest absolute Gasteiger partial charge is 0.296 e. The lowest BCUT2D eigenvalue weighted by Gasteiger charge is -2.04. The molecule has 1 aliphatic heterocycles. The SMILES string of the molecule is O=C(Cn1nc(CNc2ccc(F)cc2)[n+]2c1CCCCC2)c1ccc(Br)cc1.[Br-]. The molecule has 0 amide bonds. The molecule has 0 unspecified atom stereocenters. The second kappa shape index (κ2) is 10.3. The van der Waals surface area contributed by atoms with Gasteiger partial charge in [-0.2, -0.15) is 0 Å². The lowest BCUT2D eigenvalue weighted by atomic mass is 10.1. The minimum atomic E-state index is -0.255. The largest absolute Gasteiger partial charge is 1.00 e. The Hall–Kier alpha value is -2.06. The Morgan fingerprint density at radius 2 is 1.83 bits per heavy atom. The van der Waals surface area contributed by atoms with Gasteiger partial charge in [0, 0.05) is 27.2 Å². The Morgan fingerprint density at radius 3 is 2.57 bits per heavy atom. The van der Waals surface area contributed by atoms with E-state index in [2.05, 4.69) is 25.8 Å². The lowest BCUT2D eigenvalue weighted by molar-refractivity contribution is -0.710. The van der Waals surface area contributed by atoms with Gasteiger partial charge in [-0.3, -0.25) is 4.79 Å². The van der Waals surface area contributed by atoms with Crippen LogP contribution in [0.1, 0.15) is 41.3 Å². The van der Waals surface area contributed by atoms with Gasteiger partial charge >= 0.3 is 0 Å². The summed E-state index contributed by atoms with van der Waals surface area (Å²) >= 11 is 3.40. The molecule has 0 atom stereocenters. The van der Waals surface area contributed by atoms with Crippen LogP contribution in [0, 0.1) is 5.82 Å². The highest BCUT2D eigenvalue weighted by Gasteiger charge is 2.28. The number of rotatable bonds is 6. The molecule has 3 aromatic rings. The first-order valence-corrected chi connectivity index (χ1v) is 10.7. The molecule has 0 saturated carbocycles. The highest BCUT2D eigenvalue weighted by atomic mass is 79.9. The molecule has 4 rings (SSSR count). The predicted molar refractivity (Wildman–Crippen MR) is 112 cm³/mol. The third-order valence-electron chi connectivity index (χ3n) is 5.19. The van der Waals surface area contributed by atoms with Gasteiger partial charge in [0.15, 0.2) is 12.3 Å². The van der Waals surface area contributed by atoms with E-state index in [4.69, 9.17) is 5.10 Å². The molecule has 2 aromatic carbocycles. The Balaban J connectivity index is 0.00000256. The van der Waals surface area contributed by atoms with Gasteiger partial charge in [-0.1, -0.05) is 28.1 Å². The van der Waals surface area contributed by atoms with E-state index in [0.29, 0.717) is 12.1 Å². The number of fused-ring (bicyclic) bond motifs is 1. The first-order valence-electron chi connectivity index (χ1n) is 9.87. The van der Waals surface area contributed by atoms with E-state index in [1.807, 2.05) is 28.9 Å². The fourth-order valence-corrected chi connectivity index (χ4v) is 3.92. The molecule has 1 N–H and O–H groups in total. The van der Waals surface area contributed by atoms with Gasteiger partial charge in [-0.15, -0.1) is 4.68 Å². The maximum atomic E-state index is 13.1. The minimum absolute atomic E-state index is 0. The number of aromatic nitrogens is 3. The summed E-state index contributed by atoms with van der Waals surface area (Å²) in [6.45, 7) is 1.66. The first-order chi connectivity index (χ1) is 14.1. The molecule has 5 nitrogen and oxygen atoms in total. The van der Waals surface area contributed by atoms with Gasteiger partial charge in [0.25, 0.3) is 5.82 Å². The van der Waals surface area contributed by atoms with Crippen molar-refractivity contribution in [2.45, 2.75) is 45.3 Å². The Bertz CT molecular complexity index is 1000. The molecule has 8 heteroatoms. The Labute approximate surface area is 194 Å². The van der Waals surface area contributed by atoms with Crippen LogP contribution >= 0.6 is 15.9 Å². The second-order valence-corrected chi connectivity index (χ2v) is 8.16. The average Bonchev–Trinajstić information content (AvgIpc) is 2.89. The van der Waals surface area contributed by atoms with Gasteiger partial charge < -0.3 is 22.3 Å². The number of carbonyl (C=O) groups is 1. The third-order valence-corrected chi connectivity index (χ3v) is 5.72. The van der Waals surface area contributed by atoms with Crippen molar-refractivity contribution in [3.63, 3.8) is 0 Å². The molecular weight excluding hydrogens is 515 g/mol. The monoisotopic (exact) mass is 536 g/mol. The number of anilines is 1. The zero-order valence-corrected chi connectivity index (χ0v) is 19.6. The number of ketones is 1. The molecule has 0 bridgehead atoms. The number of nitrogens with zero attached hydrogens (tertiary/aromatic N) is 3. The maximum absolute atomic E-state index is 13.1. The number of hydrogen-bond acceptors (Lipinski definition) is 3. The number of halogens is 3. The van der Waals surface area contributed by atoms with Crippen LogP contribution in [0.2, 0.25) is 0 Å². The molecule has 2 heterocycles. The summed E-state index contributed by atoms with van der Waals surface area (Å²) in [5.74, 6) is 1.79. The average molecular weight is 538 g/mol. The van der Waals surface area contributed by atoms with Crippen LogP contribution in [0.4, 0.5) is 10.1 Å². The van der Waals surface area contributed by atoms with Crippen LogP contribution in [0.3, 0.4) is 0 Å². The highest BCUT2D eigenvalue weighted by molar-refractivity contribution is 9.10. The van der Waals surface area contributed by atoms with Crippen LogP contribution < -0.4 is 26.9 Å². The summed E-state index contributed by atoms with van der Waals surface area (Å²) < 4.78 is 18.2. The number of carbonyl (C=O) groups excluding carboxylic acids is 1. The van der Waals surface area contributed by atoms with Crippen molar-refractivity contribution < 1.29 is 30.7 Å². The minimum Gasteiger partial charge on any atom is -1.00 e. The van der Waals surface area contributed by atoms with Crippen molar-refractivity contribution in [3.05, 3.63) is 76.0 Å². The standard InChI is InChI=1S/C22H23BrFN4O.BrH/c23-17-7-5-16(6-8-17)20(29)15-28-22-4-2-1-3-13-27(22)21(26-28)14-25-19-11-9-18(24)10-12-19;/h5-12,25H,1-4,13-15H2;1H/q+1;/p-1. The van der Waals surface area contributed by atoms with Crippen molar-refractivity contribution in [3.8, 4) is 0 Å². The Morgan fingerprint density at radius 1 is 1.10 bits per heavy atom. The van der Waals surface area contributed by atoms with Crippen molar-refractivity contribution in [1.29, 1.82) is 0 Å². The summed E-state index contributed by atoms with van der Waals surface area (Å²) in [4.78, 5) is 12.8. The molecule has 0 radical (unpaired) electrons. The summed E-state index contributed by atoms with van der Waals surface area (Å²) in [5.41, 5.74) is 1.52. The molecule has 0 saturated heterocycles. The quantitative estimate of drug-likeness (QED) is 0.381. The topological polar surface area (TPSA) is 50.8 Å². The lowest BCUT2D eigenvalue weighted by Crippen LogP contribution is -3.00. The zero-order chi connectivity index (χ0) is 20.2. The maximum Gasteiger partial charge on any atom is 0.296 e. The molecule has 0 fully saturated rings. The molecule has 30 heavy (non-hydrogen) atoms. The van der Waals surface area contributed by atoms with Gasteiger partial charge in [-0.05, 0) is 55.7 Å². The summed E-state index contributed by atoms with van der Waals surface area (Å²) in [7, 11) is 0. The third kappa shape index (κ3) is 5.35. The van der Waals surface area contributed by atoms with Crippen molar-refractivity contribution >= 4 is 27.4 Å². The summed E-state index contributed by atoms with van der Waals surface area (Å²) in [5, 5.41) is 8.07. The van der Waals surface area contributed by atoms with Crippen molar-refractivity contribution in [2.75, 3.05) is 5.32 Å². The second-order valence-electron chi connectivity index (χ2n) is 7.24. The van der Waals surface area contributed by atoms with Crippen LogP contribution in [-0.2, 0) is 26.1 Å². The fraction of sp³-hybridized carbons (Fsp3) is 0.318. The van der Waals surface area contributed by atoms with Crippen LogP contribution in [-0.4, -0.2) is 15.6 Å². The molecule has 1 aromatic heterocycles. The number of Topliss-reactive ketones (excluding diaryl/α,β-unsaturated/α-hetero) is 1. The normalized spacial score (nSPS) is 13.1. The number of hydrogen-bond donors (Lipinski definition) is 1. The van der Waals surface area contributed by atoms with E-state index in [1.165, 1.54) is 18.6 Å². The summed E-state index contributed by atoms with van der Waals surface area (Å²) in [6.07, 6.45) is 4.29. The molecular formula is C22H23Br2FN4O. The van der Waals surface area contributed by atoms with Crippen LogP contribution in [0.5, 0.6) is 0 Å². The Kier molecular flexibility index (Phi) is 7.77.